The van der Waals surface area contributed by atoms with E-state index in [1.165, 1.54) is 12.1 Å². The highest BCUT2D eigenvalue weighted by molar-refractivity contribution is 9.10. The Bertz CT molecular complexity index is 394. The minimum absolute atomic E-state index is 0.0916. The second-order valence-corrected chi connectivity index (χ2v) is 5.98. The lowest BCUT2D eigenvalue weighted by Gasteiger charge is -2.37. The molecule has 1 saturated heterocycles. The SMILES string of the molecule is CC1CCN(c2ccc(CO)c(Br)c2)CC1C. The van der Waals surface area contributed by atoms with Crippen LogP contribution >= 0.6 is 15.9 Å². The summed E-state index contributed by atoms with van der Waals surface area (Å²) in [6.45, 7) is 7.03. The molecule has 1 aromatic rings. The van der Waals surface area contributed by atoms with E-state index in [0.717, 1.165) is 35.0 Å². The van der Waals surface area contributed by atoms with Crippen molar-refractivity contribution in [3.63, 3.8) is 0 Å². The van der Waals surface area contributed by atoms with Crippen LogP contribution in [-0.4, -0.2) is 18.2 Å². The van der Waals surface area contributed by atoms with E-state index in [1.54, 1.807) is 0 Å². The summed E-state index contributed by atoms with van der Waals surface area (Å²) in [5, 5.41) is 9.15. The fourth-order valence-corrected chi connectivity index (χ4v) is 2.85. The van der Waals surface area contributed by atoms with Gasteiger partial charge in [-0.1, -0.05) is 35.8 Å². The number of hydrogen-bond donors (Lipinski definition) is 1. The van der Waals surface area contributed by atoms with Crippen molar-refractivity contribution >= 4 is 21.6 Å². The van der Waals surface area contributed by atoms with Crippen LogP contribution in [-0.2, 0) is 6.61 Å². The maximum Gasteiger partial charge on any atom is 0.0692 e. The highest BCUT2D eigenvalue weighted by Crippen LogP contribution is 2.29. The largest absolute Gasteiger partial charge is 0.392 e. The van der Waals surface area contributed by atoms with E-state index in [9.17, 15) is 0 Å². The van der Waals surface area contributed by atoms with Gasteiger partial charge in [0.2, 0.25) is 0 Å². The van der Waals surface area contributed by atoms with Gasteiger partial charge >= 0.3 is 0 Å². The van der Waals surface area contributed by atoms with Crippen molar-refractivity contribution in [3.05, 3.63) is 28.2 Å². The Morgan fingerprint density at radius 3 is 2.71 bits per heavy atom. The molecule has 94 valence electrons. The average molecular weight is 298 g/mol. The van der Waals surface area contributed by atoms with Gasteiger partial charge in [0, 0.05) is 23.2 Å². The molecule has 3 heteroatoms. The Morgan fingerprint density at radius 1 is 1.35 bits per heavy atom. The van der Waals surface area contributed by atoms with Crippen LogP contribution in [0.1, 0.15) is 25.8 Å². The molecule has 1 aliphatic rings. The molecule has 2 nitrogen and oxygen atoms in total. The third-order valence-electron chi connectivity index (χ3n) is 3.91. The summed E-state index contributed by atoms with van der Waals surface area (Å²) in [5.41, 5.74) is 2.21. The Hall–Kier alpha value is -0.540. The molecule has 0 bridgehead atoms. The molecule has 1 fully saturated rings. The van der Waals surface area contributed by atoms with E-state index >= 15 is 0 Å². The number of hydrogen-bond acceptors (Lipinski definition) is 2. The predicted molar refractivity (Wildman–Crippen MR) is 75.2 cm³/mol. The number of halogens is 1. The van der Waals surface area contributed by atoms with Crippen molar-refractivity contribution in [1.82, 2.24) is 0 Å². The van der Waals surface area contributed by atoms with Crippen molar-refractivity contribution < 1.29 is 5.11 Å². The molecule has 0 saturated carbocycles. The maximum atomic E-state index is 9.15. The van der Waals surface area contributed by atoms with Crippen LogP contribution in [0.4, 0.5) is 5.69 Å². The fraction of sp³-hybridized carbons (Fsp3) is 0.571. The molecule has 1 heterocycles. The molecule has 1 aliphatic heterocycles. The first-order valence-corrected chi connectivity index (χ1v) is 7.05. The van der Waals surface area contributed by atoms with Crippen LogP contribution in [0, 0.1) is 11.8 Å². The molecular weight excluding hydrogens is 278 g/mol. The van der Waals surface area contributed by atoms with Crippen molar-refractivity contribution in [2.24, 2.45) is 11.8 Å². The van der Waals surface area contributed by atoms with Gasteiger partial charge in [0.25, 0.3) is 0 Å². The highest BCUT2D eigenvalue weighted by Gasteiger charge is 2.22. The molecule has 1 N–H and O–H groups in total. The quantitative estimate of drug-likeness (QED) is 0.904. The maximum absolute atomic E-state index is 9.15. The molecular formula is C14H20BrNO. The smallest absolute Gasteiger partial charge is 0.0692 e. The summed E-state index contributed by atoms with van der Waals surface area (Å²) in [6, 6.07) is 6.23. The molecule has 2 atom stereocenters. The third-order valence-corrected chi connectivity index (χ3v) is 4.64. The van der Waals surface area contributed by atoms with Crippen LogP contribution in [0.5, 0.6) is 0 Å². The number of rotatable bonds is 2. The summed E-state index contributed by atoms with van der Waals surface area (Å²) >= 11 is 3.51. The van der Waals surface area contributed by atoms with Gasteiger partial charge in [0.05, 0.1) is 6.61 Å². The van der Waals surface area contributed by atoms with Crippen LogP contribution in [0.2, 0.25) is 0 Å². The zero-order valence-corrected chi connectivity index (χ0v) is 12.1. The van der Waals surface area contributed by atoms with E-state index in [2.05, 4.69) is 46.8 Å². The van der Waals surface area contributed by atoms with Gasteiger partial charge in [-0.3, -0.25) is 0 Å². The van der Waals surface area contributed by atoms with Gasteiger partial charge in [0.15, 0.2) is 0 Å². The molecule has 0 aliphatic carbocycles. The summed E-state index contributed by atoms with van der Waals surface area (Å²) in [6.07, 6.45) is 1.26. The van der Waals surface area contributed by atoms with Crippen LogP contribution in [0.3, 0.4) is 0 Å². The van der Waals surface area contributed by atoms with E-state index in [0.29, 0.717) is 0 Å². The zero-order valence-electron chi connectivity index (χ0n) is 10.5. The topological polar surface area (TPSA) is 23.5 Å². The molecule has 17 heavy (non-hydrogen) atoms. The highest BCUT2D eigenvalue weighted by atomic mass is 79.9. The lowest BCUT2D eigenvalue weighted by molar-refractivity contribution is 0.281. The summed E-state index contributed by atoms with van der Waals surface area (Å²) < 4.78 is 1.00. The Balaban J connectivity index is 2.15. The first-order valence-electron chi connectivity index (χ1n) is 6.26. The first kappa shape index (κ1) is 12.9. The minimum atomic E-state index is 0.0916. The molecule has 0 amide bonds. The molecule has 0 aromatic heterocycles. The Labute approximate surface area is 112 Å². The van der Waals surface area contributed by atoms with Crippen LogP contribution < -0.4 is 4.90 Å². The van der Waals surface area contributed by atoms with Gasteiger partial charge in [0.1, 0.15) is 0 Å². The van der Waals surface area contributed by atoms with Crippen molar-refractivity contribution in [1.29, 1.82) is 0 Å². The standard InChI is InChI=1S/C14H20BrNO/c1-10-5-6-16(8-11(10)2)13-4-3-12(9-17)14(15)7-13/h3-4,7,10-11,17H,5-6,8-9H2,1-2H3. The lowest BCUT2D eigenvalue weighted by Crippen LogP contribution is -2.38. The van der Waals surface area contributed by atoms with Gasteiger partial charge in [-0.15, -0.1) is 0 Å². The van der Waals surface area contributed by atoms with Crippen LogP contribution in [0.15, 0.2) is 22.7 Å². The van der Waals surface area contributed by atoms with Crippen molar-refractivity contribution in [3.8, 4) is 0 Å². The third kappa shape index (κ3) is 2.83. The Kier molecular flexibility index (Phi) is 4.10. The zero-order chi connectivity index (χ0) is 12.4. The minimum Gasteiger partial charge on any atom is -0.392 e. The summed E-state index contributed by atoms with van der Waals surface area (Å²) in [4.78, 5) is 2.44. The average Bonchev–Trinajstić information content (AvgIpc) is 2.32. The lowest BCUT2D eigenvalue weighted by atomic mass is 9.88. The van der Waals surface area contributed by atoms with Gasteiger partial charge in [-0.2, -0.15) is 0 Å². The number of nitrogens with zero attached hydrogens (tertiary/aromatic N) is 1. The first-order chi connectivity index (χ1) is 8.11. The molecule has 2 rings (SSSR count). The molecule has 1 aromatic carbocycles. The predicted octanol–water partition coefficient (Wildman–Crippen LogP) is 3.42. The monoisotopic (exact) mass is 297 g/mol. The molecule has 2 unspecified atom stereocenters. The Morgan fingerprint density at radius 2 is 2.12 bits per heavy atom. The van der Waals surface area contributed by atoms with E-state index < -0.39 is 0 Å². The van der Waals surface area contributed by atoms with Crippen molar-refractivity contribution in [2.75, 3.05) is 18.0 Å². The summed E-state index contributed by atoms with van der Waals surface area (Å²) in [5.74, 6) is 1.58. The van der Waals surface area contributed by atoms with E-state index in [4.69, 9.17) is 5.11 Å². The number of aliphatic hydroxyl groups excluding tert-OH is 1. The number of anilines is 1. The van der Waals surface area contributed by atoms with Crippen LogP contribution in [0.25, 0.3) is 0 Å². The van der Waals surface area contributed by atoms with E-state index in [-0.39, 0.29) is 6.61 Å². The number of aliphatic hydroxyl groups is 1. The fourth-order valence-electron chi connectivity index (χ4n) is 2.36. The second-order valence-electron chi connectivity index (χ2n) is 5.12. The van der Waals surface area contributed by atoms with Gasteiger partial charge < -0.3 is 10.0 Å². The second kappa shape index (κ2) is 5.40. The number of piperidine rings is 1. The van der Waals surface area contributed by atoms with Gasteiger partial charge in [-0.05, 0) is 36.0 Å². The summed E-state index contributed by atoms with van der Waals surface area (Å²) in [7, 11) is 0. The molecule has 0 spiro atoms. The van der Waals surface area contributed by atoms with Gasteiger partial charge in [-0.25, -0.2) is 0 Å². The number of benzene rings is 1. The normalized spacial score (nSPS) is 25.1. The van der Waals surface area contributed by atoms with E-state index in [1.807, 2.05) is 6.07 Å². The molecule has 0 radical (unpaired) electrons. The van der Waals surface area contributed by atoms with Crippen molar-refractivity contribution in [2.45, 2.75) is 26.9 Å².